The highest BCUT2D eigenvalue weighted by Crippen LogP contribution is 2.26. The van der Waals surface area contributed by atoms with Crippen molar-refractivity contribution < 1.29 is 9.13 Å². The van der Waals surface area contributed by atoms with E-state index in [0.717, 1.165) is 23.6 Å². The van der Waals surface area contributed by atoms with Crippen molar-refractivity contribution in [1.82, 2.24) is 19.9 Å². The van der Waals surface area contributed by atoms with E-state index in [4.69, 9.17) is 4.74 Å². The molecule has 1 unspecified atom stereocenters. The molecule has 1 N–H and O–H groups in total. The van der Waals surface area contributed by atoms with E-state index in [0.29, 0.717) is 25.3 Å². The molecule has 0 aliphatic carbocycles. The van der Waals surface area contributed by atoms with E-state index in [1.54, 1.807) is 12.3 Å². The van der Waals surface area contributed by atoms with E-state index in [9.17, 15) is 4.39 Å². The van der Waals surface area contributed by atoms with Gasteiger partial charge in [-0.2, -0.15) is 0 Å². The van der Waals surface area contributed by atoms with Crippen LogP contribution in [0.2, 0.25) is 0 Å². The minimum absolute atomic E-state index is 0.137. The van der Waals surface area contributed by atoms with Gasteiger partial charge in [-0.25, -0.2) is 9.37 Å². The monoisotopic (exact) mass is 312 g/mol. The number of imidazole rings is 1. The van der Waals surface area contributed by atoms with Gasteiger partial charge < -0.3 is 14.6 Å². The Kier molecular flexibility index (Phi) is 3.77. The molecule has 1 aliphatic rings. The first-order valence-electron chi connectivity index (χ1n) is 7.66. The van der Waals surface area contributed by atoms with Crippen molar-refractivity contribution >= 4 is 11.0 Å². The SMILES string of the molecule is Fc1ccc2c(c1)nc1n2C(CNCc2ccccn2)COC1. The minimum Gasteiger partial charge on any atom is -0.371 e. The van der Waals surface area contributed by atoms with Gasteiger partial charge in [-0.15, -0.1) is 0 Å². The highest BCUT2D eigenvalue weighted by atomic mass is 19.1. The molecule has 3 heterocycles. The predicted octanol–water partition coefficient (Wildman–Crippen LogP) is 2.43. The minimum atomic E-state index is -0.265. The molecule has 4 rings (SSSR count). The van der Waals surface area contributed by atoms with Crippen molar-refractivity contribution in [2.45, 2.75) is 19.2 Å². The molecule has 0 saturated heterocycles. The standard InChI is InChI=1S/C17H17FN4O/c18-12-4-5-16-15(7-12)21-17-11-23-10-14(22(16)17)9-19-8-13-3-1-2-6-20-13/h1-7,14,19H,8-11H2. The maximum atomic E-state index is 13.4. The zero-order valence-electron chi connectivity index (χ0n) is 12.6. The average Bonchev–Trinajstić information content (AvgIpc) is 2.94. The molecular formula is C17H17FN4O. The predicted molar refractivity (Wildman–Crippen MR) is 84.3 cm³/mol. The molecule has 0 saturated carbocycles. The topological polar surface area (TPSA) is 52.0 Å². The molecule has 0 amide bonds. The zero-order valence-corrected chi connectivity index (χ0v) is 12.6. The first kappa shape index (κ1) is 14.3. The van der Waals surface area contributed by atoms with E-state index in [-0.39, 0.29) is 11.9 Å². The van der Waals surface area contributed by atoms with Crippen LogP contribution in [0.25, 0.3) is 11.0 Å². The fourth-order valence-corrected chi connectivity index (χ4v) is 3.01. The highest BCUT2D eigenvalue weighted by Gasteiger charge is 2.23. The number of nitrogens with one attached hydrogen (secondary N) is 1. The Bertz CT molecular complexity index is 818. The van der Waals surface area contributed by atoms with Crippen molar-refractivity contribution in [2.24, 2.45) is 0 Å². The maximum absolute atomic E-state index is 13.4. The number of fused-ring (bicyclic) bond motifs is 3. The van der Waals surface area contributed by atoms with E-state index >= 15 is 0 Å². The van der Waals surface area contributed by atoms with Crippen molar-refractivity contribution in [3.63, 3.8) is 0 Å². The van der Waals surface area contributed by atoms with Gasteiger partial charge in [0.05, 0.1) is 29.4 Å². The van der Waals surface area contributed by atoms with E-state index in [2.05, 4.69) is 19.9 Å². The highest BCUT2D eigenvalue weighted by molar-refractivity contribution is 5.76. The second-order valence-electron chi connectivity index (χ2n) is 5.65. The largest absolute Gasteiger partial charge is 0.371 e. The summed E-state index contributed by atoms with van der Waals surface area (Å²) in [6, 6.07) is 10.7. The van der Waals surface area contributed by atoms with Crippen molar-refractivity contribution in [2.75, 3.05) is 13.2 Å². The zero-order chi connectivity index (χ0) is 15.6. The van der Waals surface area contributed by atoms with Crippen LogP contribution in [0.4, 0.5) is 4.39 Å². The fraction of sp³-hybridized carbons (Fsp3) is 0.294. The number of hydrogen-bond acceptors (Lipinski definition) is 4. The van der Waals surface area contributed by atoms with Crippen LogP contribution in [-0.2, 0) is 17.9 Å². The number of rotatable bonds is 4. The van der Waals surface area contributed by atoms with E-state index < -0.39 is 0 Å². The Morgan fingerprint density at radius 2 is 2.26 bits per heavy atom. The Labute approximate surface area is 133 Å². The molecule has 3 aromatic rings. The third-order valence-electron chi connectivity index (χ3n) is 4.04. The van der Waals surface area contributed by atoms with Crippen LogP contribution in [0.1, 0.15) is 17.6 Å². The Morgan fingerprint density at radius 1 is 1.30 bits per heavy atom. The Morgan fingerprint density at radius 3 is 3.13 bits per heavy atom. The van der Waals surface area contributed by atoms with Gasteiger partial charge >= 0.3 is 0 Å². The van der Waals surface area contributed by atoms with Crippen molar-refractivity contribution in [1.29, 1.82) is 0 Å². The molecule has 118 valence electrons. The average molecular weight is 312 g/mol. The molecule has 1 atom stereocenters. The van der Waals surface area contributed by atoms with Crippen LogP contribution in [0.5, 0.6) is 0 Å². The van der Waals surface area contributed by atoms with Gasteiger partial charge in [-0.1, -0.05) is 6.07 Å². The summed E-state index contributed by atoms with van der Waals surface area (Å²) in [7, 11) is 0. The third kappa shape index (κ3) is 2.83. The number of nitrogens with zero attached hydrogens (tertiary/aromatic N) is 3. The lowest BCUT2D eigenvalue weighted by Crippen LogP contribution is -2.32. The van der Waals surface area contributed by atoms with Crippen LogP contribution < -0.4 is 5.32 Å². The Balaban J connectivity index is 1.54. The summed E-state index contributed by atoms with van der Waals surface area (Å²) in [5.41, 5.74) is 2.64. The molecule has 0 bridgehead atoms. The summed E-state index contributed by atoms with van der Waals surface area (Å²) in [5, 5.41) is 3.41. The maximum Gasteiger partial charge on any atom is 0.136 e. The number of ether oxygens (including phenoxy) is 1. The van der Waals surface area contributed by atoms with Crippen LogP contribution in [0.15, 0.2) is 42.6 Å². The summed E-state index contributed by atoms with van der Waals surface area (Å²) in [6.07, 6.45) is 1.79. The third-order valence-corrected chi connectivity index (χ3v) is 4.04. The van der Waals surface area contributed by atoms with Gasteiger partial charge in [0, 0.05) is 25.4 Å². The number of benzene rings is 1. The van der Waals surface area contributed by atoms with Crippen molar-refractivity contribution in [3.05, 3.63) is 59.9 Å². The molecular weight excluding hydrogens is 295 g/mol. The molecule has 0 spiro atoms. The molecule has 0 radical (unpaired) electrons. The first-order valence-corrected chi connectivity index (χ1v) is 7.66. The first-order chi connectivity index (χ1) is 11.3. The summed E-state index contributed by atoms with van der Waals surface area (Å²) in [4.78, 5) is 8.79. The number of pyridine rings is 1. The quantitative estimate of drug-likeness (QED) is 0.804. The summed E-state index contributed by atoms with van der Waals surface area (Å²) < 4.78 is 21.2. The lowest BCUT2D eigenvalue weighted by atomic mass is 10.2. The van der Waals surface area contributed by atoms with Gasteiger partial charge in [0.2, 0.25) is 0 Å². The van der Waals surface area contributed by atoms with E-state index in [1.165, 1.54) is 12.1 Å². The van der Waals surface area contributed by atoms with Crippen LogP contribution >= 0.6 is 0 Å². The summed E-state index contributed by atoms with van der Waals surface area (Å²) in [5.74, 6) is 0.583. The second kappa shape index (κ2) is 6.06. The van der Waals surface area contributed by atoms with Gasteiger partial charge in [0.25, 0.3) is 0 Å². The van der Waals surface area contributed by atoms with Crippen LogP contribution in [-0.4, -0.2) is 27.7 Å². The van der Waals surface area contributed by atoms with Crippen molar-refractivity contribution in [3.8, 4) is 0 Å². The fourth-order valence-electron chi connectivity index (χ4n) is 3.01. The van der Waals surface area contributed by atoms with Crippen LogP contribution in [0.3, 0.4) is 0 Å². The smallest absolute Gasteiger partial charge is 0.136 e. The Hall–Kier alpha value is -2.31. The molecule has 1 aromatic carbocycles. The molecule has 6 heteroatoms. The van der Waals surface area contributed by atoms with Gasteiger partial charge in [-0.05, 0) is 24.3 Å². The molecule has 1 aliphatic heterocycles. The summed E-state index contributed by atoms with van der Waals surface area (Å²) >= 11 is 0. The lowest BCUT2D eigenvalue weighted by Gasteiger charge is -2.26. The molecule has 2 aromatic heterocycles. The van der Waals surface area contributed by atoms with E-state index in [1.807, 2.05) is 18.2 Å². The normalized spacial score (nSPS) is 17.3. The number of hydrogen-bond donors (Lipinski definition) is 1. The summed E-state index contributed by atoms with van der Waals surface area (Å²) in [6.45, 7) is 2.53. The number of halogens is 1. The molecule has 0 fully saturated rings. The lowest BCUT2D eigenvalue weighted by molar-refractivity contribution is 0.0564. The van der Waals surface area contributed by atoms with Gasteiger partial charge in [0.1, 0.15) is 18.2 Å². The molecule has 5 nitrogen and oxygen atoms in total. The van der Waals surface area contributed by atoms with Gasteiger partial charge in [-0.3, -0.25) is 4.98 Å². The van der Waals surface area contributed by atoms with Gasteiger partial charge in [0.15, 0.2) is 0 Å². The number of aromatic nitrogens is 3. The second-order valence-corrected chi connectivity index (χ2v) is 5.65. The molecule has 23 heavy (non-hydrogen) atoms. The van der Waals surface area contributed by atoms with Crippen LogP contribution in [0, 0.1) is 5.82 Å².